The normalized spacial score (nSPS) is 10.6. The molecule has 0 aliphatic heterocycles. The van der Waals surface area contributed by atoms with Gasteiger partial charge in [-0.1, -0.05) is 72.1 Å². The maximum atomic E-state index is 10.2. The fraction of sp³-hybridized carbons (Fsp3) is 1.00. The second kappa shape index (κ2) is 16.9. The van der Waals surface area contributed by atoms with Crippen molar-refractivity contribution in [2.45, 2.75) is 78.6 Å². The van der Waals surface area contributed by atoms with Crippen molar-refractivity contribution in [3.63, 3.8) is 0 Å². The van der Waals surface area contributed by atoms with Gasteiger partial charge in [0, 0.05) is 6.54 Å². The topological polar surface area (TPSA) is 69.2 Å². The van der Waals surface area contributed by atoms with Crippen molar-refractivity contribution in [3.05, 3.63) is 0 Å². The summed E-state index contributed by atoms with van der Waals surface area (Å²) in [5.74, 6) is 0. The van der Waals surface area contributed by atoms with Gasteiger partial charge in [0.05, 0.1) is 0 Å². The minimum absolute atomic E-state index is 0. The molecule has 0 rings (SSSR count). The van der Waals surface area contributed by atoms with Crippen LogP contribution >= 0.6 is 0 Å². The number of rotatable bonds is 12. The molecule has 0 aliphatic carbocycles. The van der Waals surface area contributed by atoms with E-state index >= 15 is 0 Å². The van der Waals surface area contributed by atoms with E-state index in [0.717, 1.165) is 19.3 Å². The molecular formula is C13H30NNaO3S. The zero-order chi connectivity index (χ0) is 13.0. The molecule has 6 heteroatoms. The summed E-state index contributed by atoms with van der Waals surface area (Å²) in [6, 6.07) is 0. The van der Waals surface area contributed by atoms with Crippen molar-refractivity contribution in [2.24, 2.45) is 0 Å². The Bertz CT molecular complexity index is 259. The zero-order valence-corrected chi connectivity index (χ0v) is 14.7. The van der Waals surface area contributed by atoms with Crippen molar-refractivity contribution in [2.75, 3.05) is 6.54 Å². The monoisotopic (exact) mass is 303 g/mol. The van der Waals surface area contributed by atoms with Gasteiger partial charge in [-0.25, -0.2) is 13.1 Å². The predicted octanol–water partition coefficient (Wildman–Crippen LogP) is 0.597. The van der Waals surface area contributed by atoms with Crippen LogP contribution in [0.5, 0.6) is 0 Å². The Morgan fingerprint density at radius 1 is 0.842 bits per heavy atom. The summed E-state index contributed by atoms with van der Waals surface area (Å²) in [5, 5.41) is 0. The van der Waals surface area contributed by atoms with Gasteiger partial charge < -0.3 is 4.55 Å². The second-order valence-corrected chi connectivity index (χ2v) is 5.73. The number of hydrogen-bond acceptors (Lipinski definition) is 3. The van der Waals surface area contributed by atoms with Gasteiger partial charge in [-0.15, -0.1) is 0 Å². The minimum atomic E-state index is -4.23. The maximum Gasteiger partial charge on any atom is 1.00 e. The third-order valence-electron chi connectivity index (χ3n) is 2.81. The molecule has 0 saturated carbocycles. The summed E-state index contributed by atoms with van der Waals surface area (Å²) in [4.78, 5) is 0. The van der Waals surface area contributed by atoms with Crippen LogP contribution < -0.4 is 34.3 Å². The molecule has 0 bridgehead atoms. The van der Waals surface area contributed by atoms with E-state index < -0.39 is 10.3 Å². The molecule has 1 N–H and O–H groups in total. The van der Waals surface area contributed by atoms with E-state index in [1.165, 1.54) is 44.9 Å². The fourth-order valence-corrected chi connectivity index (χ4v) is 2.20. The Kier molecular flexibility index (Phi) is 22.1. The first-order valence-corrected chi connectivity index (χ1v) is 8.17. The molecule has 0 radical (unpaired) electrons. The molecular weight excluding hydrogens is 273 g/mol. The molecule has 0 heterocycles. The first-order chi connectivity index (χ1) is 8.06. The third-order valence-corrected chi connectivity index (χ3v) is 3.37. The molecule has 0 saturated heterocycles. The van der Waals surface area contributed by atoms with Gasteiger partial charge in [-0.3, -0.25) is 0 Å². The predicted molar refractivity (Wildman–Crippen MR) is 76.3 cm³/mol. The van der Waals surface area contributed by atoms with Crippen LogP contribution in [0.2, 0.25) is 0 Å². The summed E-state index contributed by atoms with van der Waals surface area (Å²) >= 11 is 0. The Balaban J connectivity index is -0.00000128. The van der Waals surface area contributed by atoms with Crippen molar-refractivity contribution in [1.29, 1.82) is 0 Å². The van der Waals surface area contributed by atoms with Crippen LogP contribution in [-0.4, -0.2) is 19.5 Å². The van der Waals surface area contributed by atoms with E-state index in [9.17, 15) is 13.0 Å². The fourth-order valence-electron chi connectivity index (χ4n) is 1.81. The summed E-state index contributed by atoms with van der Waals surface area (Å²) in [5.41, 5.74) is 0. The number of unbranched alkanes of at least 4 members (excludes halogenated alkanes) is 9. The largest absolute Gasteiger partial charge is 1.00 e. The smallest absolute Gasteiger partial charge is 0.735 e. The molecule has 0 aromatic rings. The molecule has 4 nitrogen and oxygen atoms in total. The molecule has 0 aromatic carbocycles. The van der Waals surface area contributed by atoms with E-state index in [1.54, 1.807) is 0 Å². The Hall–Kier alpha value is 0.870. The van der Waals surface area contributed by atoms with E-state index in [4.69, 9.17) is 0 Å². The molecule has 0 unspecified atom stereocenters. The van der Waals surface area contributed by atoms with E-state index in [2.05, 4.69) is 6.92 Å². The van der Waals surface area contributed by atoms with Gasteiger partial charge in [0.15, 0.2) is 10.3 Å². The van der Waals surface area contributed by atoms with Crippen LogP contribution in [0.4, 0.5) is 0 Å². The van der Waals surface area contributed by atoms with Gasteiger partial charge in [-0.2, -0.15) is 0 Å². The molecule has 0 amide bonds. The zero-order valence-electron chi connectivity index (χ0n) is 11.9. The van der Waals surface area contributed by atoms with Crippen LogP contribution in [0.25, 0.3) is 0 Å². The van der Waals surface area contributed by atoms with Gasteiger partial charge in [0.1, 0.15) is 0 Å². The minimum Gasteiger partial charge on any atom is -0.735 e. The van der Waals surface area contributed by atoms with Crippen molar-refractivity contribution < 1.29 is 42.5 Å². The van der Waals surface area contributed by atoms with Crippen LogP contribution in [0, 0.1) is 0 Å². The summed E-state index contributed by atoms with van der Waals surface area (Å²) < 4.78 is 32.6. The first-order valence-electron chi connectivity index (χ1n) is 6.76. The standard InChI is InChI=1S/C12H27NO3S.CH4.Na/c1-2-3-4-5-6-7-8-9-10-11-12-13-17(14,15)16;;/h13H,2-12H2,1H3,(H,14,15,16);1H4;/q;;+1/p-1. The average molecular weight is 303 g/mol. The van der Waals surface area contributed by atoms with Gasteiger partial charge in [-0.05, 0) is 6.42 Å². The van der Waals surface area contributed by atoms with Crippen LogP contribution in [0.3, 0.4) is 0 Å². The summed E-state index contributed by atoms with van der Waals surface area (Å²) in [7, 11) is -4.23. The molecule has 0 aliphatic rings. The van der Waals surface area contributed by atoms with Crippen LogP contribution in [-0.2, 0) is 10.3 Å². The summed E-state index contributed by atoms with van der Waals surface area (Å²) in [6.07, 6.45) is 12.0. The van der Waals surface area contributed by atoms with Crippen LogP contribution in [0.1, 0.15) is 78.6 Å². The molecule has 112 valence electrons. The van der Waals surface area contributed by atoms with Gasteiger partial charge >= 0.3 is 29.6 Å². The van der Waals surface area contributed by atoms with Crippen LogP contribution in [0.15, 0.2) is 0 Å². The third kappa shape index (κ3) is 24.3. The van der Waals surface area contributed by atoms with Crippen molar-refractivity contribution in [1.82, 2.24) is 4.72 Å². The molecule has 0 aromatic heterocycles. The average Bonchev–Trinajstić information content (AvgIpc) is 2.24. The van der Waals surface area contributed by atoms with Gasteiger partial charge in [0.2, 0.25) is 0 Å². The molecule has 19 heavy (non-hydrogen) atoms. The van der Waals surface area contributed by atoms with Crippen molar-refractivity contribution in [3.8, 4) is 0 Å². The SMILES string of the molecule is C.CCCCCCCCCCCCNS(=O)(=O)[O-].[Na+]. The Morgan fingerprint density at radius 2 is 1.21 bits per heavy atom. The Morgan fingerprint density at radius 3 is 1.58 bits per heavy atom. The maximum absolute atomic E-state index is 10.2. The van der Waals surface area contributed by atoms with E-state index in [1.807, 2.05) is 4.72 Å². The van der Waals surface area contributed by atoms with Crippen molar-refractivity contribution >= 4 is 10.3 Å². The molecule has 0 atom stereocenters. The number of hydrogen-bond donors (Lipinski definition) is 1. The molecule has 0 spiro atoms. The number of nitrogens with one attached hydrogen (secondary N) is 1. The second-order valence-electron chi connectivity index (χ2n) is 4.53. The van der Waals surface area contributed by atoms with E-state index in [0.29, 0.717) is 0 Å². The summed E-state index contributed by atoms with van der Waals surface area (Å²) in [6.45, 7) is 2.50. The molecule has 0 fully saturated rings. The quantitative estimate of drug-likeness (QED) is 0.326. The first kappa shape index (κ1) is 24.9. The van der Waals surface area contributed by atoms with Gasteiger partial charge in [0.25, 0.3) is 0 Å². The Labute approximate surface area is 142 Å². The van der Waals surface area contributed by atoms with E-state index in [-0.39, 0.29) is 43.5 Å².